The van der Waals surface area contributed by atoms with Gasteiger partial charge in [0.1, 0.15) is 0 Å². The maximum Gasteiger partial charge on any atom is 0.0587 e. The van der Waals surface area contributed by atoms with Crippen molar-refractivity contribution in [2.75, 3.05) is 6.61 Å². The summed E-state index contributed by atoms with van der Waals surface area (Å²) in [7, 11) is 0. The molecule has 2 N–H and O–H groups in total. The number of aliphatic hydroxyl groups excluding tert-OH is 1. The van der Waals surface area contributed by atoms with Gasteiger partial charge in [0.25, 0.3) is 0 Å². The smallest absolute Gasteiger partial charge is 0.0587 e. The maximum absolute atomic E-state index is 9.21. The summed E-state index contributed by atoms with van der Waals surface area (Å²) in [5.41, 5.74) is 1.15. The number of hydrogen-bond donors (Lipinski definition) is 2. The third-order valence-electron chi connectivity index (χ3n) is 2.65. The van der Waals surface area contributed by atoms with Gasteiger partial charge in [-0.2, -0.15) is 0 Å². The average Bonchev–Trinajstić information content (AvgIpc) is 2.26. The first-order valence-electron chi connectivity index (χ1n) is 5.42. The van der Waals surface area contributed by atoms with E-state index >= 15 is 0 Å². The van der Waals surface area contributed by atoms with E-state index in [4.69, 9.17) is 0 Å². The van der Waals surface area contributed by atoms with Crippen molar-refractivity contribution in [1.29, 1.82) is 0 Å². The van der Waals surface area contributed by atoms with Crippen LogP contribution in [-0.4, -0.2) is 22.7 Å². The van der Waals surface area contributed by atoms with Crippen molar-refractivity contribution in [1.82, 2.24) is 10.3 Å². The van der Waals surface area contributed by atoms with Gasteiger partial charge in [-0.3, -0.25) is 4.98 Å². The highest BCUT2D eigenvalue weighted by Gasteiger charge is 2.15. The van der Waals surface area contributed by atoms with Crippen LogP contribution in [0, 0.1) is 5.92 Å². The van der Waals surface area contributed by atoms with Gasteiger partial charge in [0.05, 0.1) is 6.61 Å². The average molecular weight is 208 g/mol. The van der Waals surface area contributed by atoms with Crippen LogP contribution in [0.1, 0.15) is 32.4 Å². The van der Waals surface area contributed by atoms with Gasteiger partial charge in [0, 0.05) is 24.5 Å². The minimum Gasteiger partial charge on any atom is -0.395 e. The zero-order valence-corrected chi connectivity index (χ0v) is 9.64. The SMILES string of the molecule is CC(NC(CO)C(C)C)c1cccnc1. The monoisotopic (exact) mass is 208 g/mol. The Kier molecular flexibility index (Phi) is 4.72. The molecule has 1 aromatic rings. The van der Waals surface area contributed by atoms with Crippen molar-refractivity contribution in [2.45, 2.75) is 32.9 Å². The predicted octanol–water partition coefficient (Wildman–Crippen LogP) is 1.75. The van der Waals surface area contributed by atoms with E-state index in [0.29, 0.717) is 5.92 Å². The highest BCUT2D eigenvalue weighted by Crippen LogP contribution is 2.13. The zero-order chi connectivity index (χ0) is 11.3. The van der Waals surface area contributed by atoms with E-state index in [1.165, 1.54) is 0 Å². The van der Waals surface area contributed by atoms with E-state index < -0.39 is 0 Å². The summed E-state index contributed by atoms with van der Waals surface area (Å²) in [6.07, 6.45) is 3.62. The van der Waals surface area contributed by atoms with Crippen LogP contribution in [0.4, 0.5) is 0 Å². The Hall–Kier alpha value is -0.930. The summed E-state index contributed by atoms with van der Waals surface area (Å²) < 4.78 is 0. The number of hydrogen-bond acceptors (Lipinski definition) is 3. The molecule has 0 saturated heterocycles. The fourth-order valence-electron chi connectivity index (χ4n) is 1.51. The van der Waals surface area contributed by atoms with E-state index in [9.17, 15) is 5.11 Å². The first-order chi connectivity index (χ1) is 7.15. The molecular weight excluding hydrogens is 188 g/mol. The molecule has 3 nitrogen and oxygen atoms in total. The zero-order valence-electron chi connectivity index (χ0n) is 9.64. The molecule has 0 aliphatic carbocycles. The number of pyridine rings is 1. The molecule has 0 spiro atoms. The molecule has 15 heavy (non-hydrogen) atoms. The lowest BCUT2D eigenvalue weighted by molar-refractivity contribution is 0.201. The van der Waals surface area contributed by atoms with Crippen LogP contribution in [-0.2, 0) is 0 Å². The fraction of sp³-hybridized carbons (Fsp3) is 0.583. The lowest BCUT2D eigenvalue weighted by Gasteiger charge is -2.24. The molecule has 1 rings (SSSR count). The minimum absolute atomic E-state index is 0.139. The van der Waals surface area contributed by atoms with Gasteiger partial charge in [-0.15, -0.1) is 0 Å². The number of aliphatic hydroxyl groups is 1. The number of nitrogens with zero attached hydrogens (tertiary/aromatic N) is 1. The number of aromatic nitrogens is 1. The van der Waals surface area contributed by atoms with Crippen molar-refractivity contribution in [3.8, 4) is 0 Å². The first-order valence-corrected chi connectivity index (χ1v) is 5.42. The van der Waals surface area contributed by atoms with Crippen molar-refractivity contribution in [2.24, 2.45) is 5.92 Å². The summed E-state index contributed by atoms with van der Waals surface area (Å²) in [5, 5.41) is 12.6. The molecule has 0 saturated carbocycles. The molecule has 0 bridgehead atoms. The molecule has 1 aromatic heterocycles. The van der Waals surface area contributed by atoms with Gasteiger partial charge in [-0.1, -0.05) is 19.9 Å². The van der Waals surface area contributed by atoms with Gasteiger partial charge in [-0.25, -0.2) is 0 Å². The highest BCUT2D eigenvalue weighted by atomic mass is 16.3. The van der Waals surface area contributed by atoms with E-state index in [-0.39, 0.29) is 18.7 Å². The predicted molar refractivity (Wildman–Crippen MR) is 61.5 cm³/mol. The fourth-order valence-corrected chi connectivity index (χ4v) is 1.51. The second-order valence-corrected chi connectivity index (χ2v) is 4.21. The van der Waals surface area contributed by atoms with Gasteiger partial charge >= 0.3 is 0 Å². The Balaban J connectivity index is 2.58. The maximum atomic E-state index is 9.21. The molecule has 84 valence electrons. The van der Waals surface area contributed by atoms with Crippen molar-refractivity contribution < 1.29 is 5.11 Å². The van der Waals surface area contributed by atoms with Gasteiger partial charge in [-0.05, 0) is 24.5 Å². The van der Waals surface area contributed by atoms with E-state index in [1.807, 2.05) is 18.3 Å². The Morgan fingerprint density at radius 3 is 2.60 bits per heavy atom. The molecule has 0 amide bonds. The molecule has 0 aromatic carbocycles. The summed E-state index contributed by atoms with van der Waals surface area (Å²) in [6, 6.07) is 4.33. The normalized spacial score (nSPS) is 15.3. The molecule has 1 heterocycles. The summed E-state index contributed by atoms with van der Waals surface area (Å²) in [5.74, 6) is 0.425. The summed E-state index contributed by atoms with van der Waals surface area (Å²) in [6.45, 7) is 6.46. The quantitative estimate of drug-likeness (QED) is 0.775. The van der Waals surface area contributed by atoms with Gasteiger partial charge < -0.3 is 10.4 Å². The summed E-state index contributed by atoms with van der Waals surface area (Å²) >= 11 is 0. The molecule has 0 fully saturated rings. The third kappa shape index (κ3) is 3.61. The van der Waals surface area contributed by atoms with Crippen molar-refractivity contribution in [3.05, 3.63) is 30.1 Å². The molecule has 2 atom stereocenters. The Morgan fingerprint density at radius 2 is 2.13 bits per heavy atom. The third-order valence-corrected chi connectivity index (χ3v) is 2.65. The van der Waals surface area contributed by atoms with Crippen LogP contribution in [0.5, 0.6) is 0 Å². The second-order valence-electron chi connectivity index (χ2n) is 4.21. The van der Waals surface area contributed by atoms with Crippen LogP contribution >= 0.6 is 0 Å². The van der Waals surface area contributed by atoms with E-state index in [2.05, 4.69) is 31.1 Å². The Bertz CT molecular complexity index is 274. The number of nitrogens with one attached hydrogen (secondary N) is 1. The molecule has 2 unspecified atom stereocenters. The van der Waals surface area contributed by atoms with Crippen LogP contribution < -0.4 is 5.32 Å². The van der Waals surface area contributed by atoms with E-state index in [1.54, 1.807) is 6.20 Å². The largest absolute Gasteiger partial charge is 0.395 e. The molecule has 3 heteroatoms. The first kappa shape index (κ1) is 12.1. The number of rotatable bonds is 5. The van der Waals surface area contributed by atoms with Crippen LogP contribution in [0.15, 0.2) is 24.5 Å². The van der Waals surface area contributed by atoms with Crippen LogP contribution in [0.2, 0.25) is 0 Å². The molecule has 0 aliphatic rings. The Morgan fingerprint density at radius 1 is 1.40 bits per heavy atom. The van der Waals surface area contributed by atoms with Crippen molar-refractivity contribution in [3.63, 3.8) is 0 Å². The lowest BCUT2D eigenvalue weighted by atomic mass is 10.0. The standard InChI is InChI=1S/C12H20N2O/c1-9(2)12(8-15)14-10(3)11-5-4-6-13-7-11/h4-7,9-10,12,14-15H,8H2,1-3H3. The van der Waals surface area contributed by atoms with Crippen molar-refractivity contribution >= 4 is 0 Å². The van der Waals surface area contributed by atoms with Gasteiger partial charge in [0.2, 0.25) is 0 Å². The lowest BCUT2D eigenvalue weighted by Crippen LogP contribution is -2.38. The van der Waals surface area contributed by atoms with E-state index in [0.717, 1.165) is 5.56 Å². The molecule has 0 aliphatic heterocycles. The molecule has 0 radical (unpaired) electrons. The topological polar surface area (TPSA) is 45.1 Å². The van der Waals surface area contributed by atoms with Gasteiger partial charge in [0.15, 0.2) is 0 Å². The van der Waals surface area contributed by atoms with Crippen LogP contribution in [0.25, 0.3) is 0 Å². The second kappa shape index (κ2) is 5.83. The van der Waals surface area contributed by atoms with Crippen LogP contribution in [0.3, 0.4) is 0 Å². The Labute approximate surface area is 91.5 Å². The summed E-state index contributed by atoms with van der Waals surface area (Å²) in [4.78, 5) is 4.08. The minimum atomic E-state index is 0.139. The molecular formula is C12H20N2O. The highest BCUT2D eigenvalue weighted by molar-refractivity contribution is 5.13.